The number of aryl methyl sites for hydroxylation is 1. The summed E-state index contributed by atoms with van der Waals surface area (Å²) in [6, 6.07) is 11.2. The highest BCUT2D eigenvalue weighted by Gasteiger charge is 2.06. The summed E-state index contributed by atoms with van der Waals surface area (Å²) < 4.78 is 0. The predicted octanol–water partition coefficient (Wildman–Crippen LogP) is 3.40. The molecule has 0 heterocycles. The van der Waals surface area contributed by atoms with Crippen LogP contribution in [0.15, 0.2) is 30.3 Å². The highest BCUT2D eigenvalue weighted by Crippen LogP contribution is 2.08. The van der Waals surface area contributed by atoms with Crippen molar-refractivity contribution in [1.29, 1.82) is 0 Å². The van der Waals surface area contributed by atoms with Crippen molar-refractivity contribution in [3.63, 3.8) is 0 Å². The fraction of sp³-hybridized carbons (Fsp3) is 0.500. The summed E-state index contributed by atoms with van der Waals surface area (Å²) >= 11 is 0. The second-order valence-electron chi connectivity index (χ2n) is 4.42. The lowest BCUT2D eigenvalue weighted by Gasteiger charge is -2.17. The van der Waals surface area contributed by atoms with E-state index in [0.29, 0.717) is 6.04 Å². The molecule has 0 aliphatic carbocycles. The van der Waals surface area contributed by atoms with Crippen LogP contribution in [-0.2, 0) is 6.42 Å². The highest BCUT2D eigenvalue weighted by molar-refractivity contribution is 5.14. The molecular formula is C16H23N. The van der Waals surface area contributed by atoms with Gasteiger partial charge in [0, 0.05) is 12.5 Å². The summed E-state index contributed by atoms with van der Waals surface area (Å²) in [5.41, 5.74) is 1.41. The van der Waals surface area contributed by atoms with Crippen molar-refractivity contribution < 1.29 is 0 Å². The van der Waals surface area contributed by atoms with E-state index < -0.39 is 0 Å². The monoisotopic (exact) mass is 229 g/mol. The Labute approximate surface area is 106 Å². The van der Waals surface area contributed by atoms with Gasteiger partial charge in [0.2, 0.25) is 0 Å². The van der Waals surface area contributed by atoms with Crippen LogP contribution < -0.4 is 5.32 Å². The molecule has 92 valence electrons. The first kappa shape index (κ1) is 13.8. The zero-order chi connectivity index (χ0) is 12.3. The standard InChI is InChI=1S/C16H23N/c1-3-5-11-16(17-14-4-2)13-12-15-9-7-6-8-10-15/h1,6-10,16-17H,4-5,11-14H2,2H3. The molecule has 0 saturated heterocycles. The van der Waals surface area contributed by atoms with Gasteiger partial charge in [-0.3, -0.25) is 0 Å². The van der Waals surface area contributed by atoms with Crippen LogP contribution >= 0.6 is 0 Å². The molecule has 1 aromatic carbocycles. The van der Waals surface area contributed by atoms with E-state index in [0.717, 1.165) is 25.8 Å². The largest absolute Gasteiger partial charge is 0.314 e. The SMILES string of the molecule is C#CCCC(CCc1ccccc1)NCCC. The molecular weight excluding hydrogens is 206 g/mol. The molecule has 1 N–H and O–H groups in total. The summed E-state index contributed by atoms with van der Waals surface area (Å²) in [6.07, 6.45) is 10.8. The van der Waals surface area contributed by atoms with Crippen LogP contribution in [0.3, 0.4) is 0 Å². The number of nitrogens with one attached hydrogen (secondary N) is 1. The van der Waals surface area contributed by atoms with Crippen molar-refractivity contribution in [1.82, 2.24) is 5.32 Å². The lowest BCUT2D eigenvalue weighted by atomic mass is 10.0. The molecule has 1 nitrogen and oxygen atoms in total. The van der Waals surface area contributed by atoms with Crippen molar-refractivity contribution in [3.05, 3.63) is 35.9 Å². The molecule has 1 unspecified atom stereocenters. The summed E-state index contributed by atoms with van der Waals surface area (Å²) in [6.45, 7) is 3.28. The first-order valence-corrected chi connectivity index (χ1v) is 6.57. The van der Waals surface area contributed by atoms with E-state index in [1.165, 1.54) is 18.4 Å². The van der Waals surface area contributed by atoms with Gasteiger partial charge in [0.15, 0.2) is 0 Å². The average Bonchev–Trinajstić information content (AvgIpc) is 2.39. The first-order valence-electron chi connectivity index (χ1n) is 6.57. The molecule has 0 aliphatic rings. The number of terminal acetylenes is 1. The number of hydrogen-bond acceptors (Lipinski definition) is 1. The fourth-order valence-electron chi connectivity index (χ4n) is 1.94. The van der Waals surface area contributed by atoms with Crippen LogP contribution in [0.2, 0.25) is 0 Å². The summed E-state index contributed by atoms with van der Waals surface area (Å²) in [7, 11) is 0. The molecule has 0 radical (unpaired) electrons. The van der Waals surface area contributed by atoms with E-state index in [2.05, 4.69) is 48.5 Å². The summed E-state index contributed by atoms with van der Waals surface area (Å²) in [5, 5.41) is 3.58. The maximum Gasteiger partial charge on any atom is 0.0101 e. The minimum Gasteiger partial charge on any atom is -0.314 e. The quantitative estimate of drug-likeness (QED) is 0.674. The van der Waals surface area contributed by atoms with E-state index in [1.807, 2.05) is 0 Å². The van der Waals surface area contributed by atoms with E-state index in [1.54, 1.807) is 0 Å². The van der Waals surface area contributed by atoms with Gasteiger partial charge in [-0.2, -0.15) is 0 Å². The molecule has 1 atom stereocenters. The van der Waals surface area contributed by atoms with Gasteiger partial charge in [-0.05, 0) is 37.8 Å². The molecule has 0 aromatic heterocycles. The van der Waals surface area contributed by atoms with E-state index in [9.17, 15) is 0 Å². The first-order chi connectivity index (χ1) is 8.36. The third-order valence-electron chi connectivity index (χ3n) is 2.94. The van der Waals surface area contributed by atoms with Gasteiger partial charge < -0.3 is 5.32 Å². The molecule has 1 rings (SSSR count). The van der Waals surface area contributed by atoms with E-state index >= 15 is 0 Å². The number of hydrogen-bond donors (Lipinski definition) is 1. The van der Waals surface area contributed by atoms with Crippen LogP contribution in [0.5, 0.6) is 0 Å². The van der Waals surface area contributed by atoms with Crippen LogP contribution in [0.1, 0.15) is 38.2 Å². The van der Waals surface area contributed by atoms with Crippen LogP contribution in [0, 0.1) is 12.3 Å². The van der Waals surface area contributed by atoms with Gasteiger partial charge in [0.05, 0.1) is 0 Å². The smallest absolute Gasteiger partial charge is 0.0101 e. The molecule has 0 aliphatic heterocycles. The van der Waals surface area contributed by atoms with Gasteiger partial charge in [-0.25, -0.2) is 0 Å². The Hall–Kier alpha value is -1.26. The van der Waals surface area contributed by atoms with Crippen molar-refractivity contribution in [3.8, 4) is 12.3 Å². The Morgan fingerprint density at radius 2 is 2.00 bits per heavy atom. The van der Waals surface area contributed by atoms with Crippen LogP contribution in [0.25, 0.3) is 0 Å². The van der Waals surface area contributed by atoms with E-state index in [4.69, 9.17) is 6.42 Å². The molecule has 1 heteroatoms. The van der Waals surface area contributed by atoms with Crippen molar-refractivity contribution in [2.45, 2.75) is 45.1 Å². The molecule has 17 heavy (non-hydrogen) atoms. The highest BCUT2D eigenvalue weighted by atomic mass is 14.9. The van der Waals surface area contributed by atoms with Crippen molar-refractivity contribution in [2.24, 2.45) is 0 Å². The molecule has 0 fully saturated rings. The normalized spacial score (nSPS) is 12.0. The lowest BCUT2D eigenvalue weighted by molar-refractivity contribution is 0.458. The fourth-order valence-corrected chi connectivity index (χ4v) is 1.94. The average molecular weight is 229 g/mol. The van der Waals surface area contributed by atoms with Gasteiger partial charge >= 0.3 is 0 Å². The van der Waals surface area contributed by atoms with Crippen LogP contribution in [0.4, 0.5) is 0 Å². The number of rotatable bonds is 8. The Morgan fingerprint density at radius 1 is 1.24 bits per heavy atom. The maximum absolute atomic E-state index is 5.33. The molecule has 0 saturated carbocycles. The molecule has 1 aromatic rings. The Morgan fingerprint density at radius 3 is 2.65 bits per heavy atom. The molecule has 0 spiro atoms. The second-order valence-corrected chi connectivity index (χ2v) is 4.42. The van der Waals surface area contributed by atoms with Gasteiger partial charge in [-0.1, -0.05) is 37.3 Å². The number of benzene rings is 1. The van der Waals surface area contributed by atoms with Crippen molar-refractivity contribution >= 4 is 0 Å². The van der Waals surface area contributed by atoms with Gasteiger partial charge in [-0.15, -0.1) is 12.3 Å². The lowest BCUT2D eigenvalue weighted by Crippen LogP contribution is -2.30. The van der Waals surface area contributed by atoms with Gasteiger partial charge in [0.1, 0.15) is 0 Å². The Bertz CT molecular complexity index is 323. The Kier molecular flexibility index (Phi) is 7.18. The van der Waals surface area contributed by atoms with E-state index in [-0.39, 0.29) is 0 Å². The zero-order valence-corrected chi connectivity index (χ0v) is 10.8. The minimum absolute atomic E-state index is 0.561. The minimum atomic E-state index is 0.561. The Balaban J connectivity index is 2.35. The van der Waals surface area contributed by atoms with Crippen molar-refractivity contribution in [2.75, 3.05) is 6.54 Å². The third-order valence-corrected chi connectivity index (χ3v) is 2.94. The summed E-state index contributed by atoms with van der Waals surface area (Å²) in [5.74, 6) is 2.73. The predicted molar refractivity (Wildman–Crippen MR) is 74.9 cm³/mol. The third kappa shape index (κ3) is 6.14. The second kappa shape index (κ2) is 8.84. The summed E-state index contributed by atoms with van der Waals surface area (Å²) in [4.78, 5) is 0. The topological polar surface area (TPSA) is 12.0 Å². The molecule has 0 amide bonds. The molecule has 0 bridgehead atoms. The maximum atomic E-state index is 5.33. The van der Waals surface area contributed by atoms with Crippen LogP contribution in [-0.4, -0.2) is 12.6 Å². The zero-order valence-electron chi connectivity index (χ0n) is 10.8. The van der Waals surface area contributed by atoms with Gasteiger partial charge in [0.25, 0.3) is 0 Å².